The maximum absolute atomic E-state index is 6.38. The lowest BCUT2D eigenvalue weighted by Gasteiger charge is -2.12. The van der Waals surface area contributed by atoms with Gasteiger partial charge in [-0.15, -0.1) is 0 Å². The van der Waals surface area contributed by atoms with Gasteiger partial charge in [0.05, 0.1) is 0 Å². The highest BCUT2D eigenvalue weighted by Crippen LogP contribution is 2.57. The van der Waals surface area contributed by atoms with Crippen LogP contribution in [0.3, 0.4) is 0 Å². The van der Waals surface area contributed by atoms with Crippen LogP contribution in [0, 0.1) is 17.8 Å². The molecule has 0 bridgehead atoms. The van der Waals surface area contributed by atoms with Crippen molar-refractivity contribution in [2.24, 2.45) is 23.5 Å². The van der Waals surface area contributed by atoms with Gasteiger partial charge in [-0.25, -0.2) is 0 Å². The quantitative estimate of drug-likeness (QED) is 0.667. The molecule has 3 aliphatic rings. The molecule has 3 rings (SSSR count). The fourth-order valence-electron chi connectivity index (χ4n) is 3.83. The SMILES string of the molecule is NC(C1=CCCC1)C1C2CCCCC21. The predicted octanol–water partition coefficient (Wildman–Crippen LogP) is 2.86. The molecule has 78 valence electrons. The number of fused-ring (bicyclic) bond motifs is 1. The Balaban J connectivity index is 1.66. The van der Waals surface area contributed by atoms with Gasteiger partial charge in [-0.2, -0.15) is 0 Å². The van der Waals surface area contributed by atoms with E-state index in [1.807, 2.05) is 0 Å². The number of nitrogens with two attached hydrogens (primary N) is 1. The zero-order chi connectivity index (χ0) is 9.54. The maximum Gasteiger partial charge on any atom is 0.0287 e. The first-order chi connectivity index (χ1) is 6.88. The van der Waals surface area contributed by atoms with Gasteiger partial charge in [-0.05, 0) is 49.9 Å². The number of allylic oxidation sites excluding steroid dienone is 1. The molecule has 1 nitrogen and oxygen atoms in total. The van der Waals surface area contributed by atoms with E-state index in [1.165, 1.54) is 44.9 Å². The van der Waals surface area contributed by atoms with E-state index in [9.17, 15) is 0 Å². The highest BCUT2D eigenvalue weighted by molar-refractivity contribution is 5.21. The number of rotatable bonds is 2. The Morgan fingerprint density at radius 1 is 1.14 bits per heavy atom. The number of hydrogen-bond donors (Lipinski definition) is 1. The smallest absolute Gasteiger partial charge is 0.0287 e. The largest absolute Gasteiger partial charge is 0.324 e. The van der Waals surface area contributed by atoms with E-state index < -0.39 is 0 Å². The molecule has 0 aromatic heterocycles. The van der Waals surface area contributed by atoms with Gasteiger partial charge in [-0.1, -0.05) is 24.5 Å². The van der Waals surface area contributed by atoms with Crippen LogP contribution < -0.4 is 5.73 Å². The number of hydrogen-bond acceptors (Lipinski definition) is 1. The summed E-state index contributed by atoms with van der Waals surface area (Å²) in [5.41, 5.74) is 7.96. The van der Waals surface area contributed by atoms with Gasteiger partial charge in [0.15, 0.2) is 0 Å². The van der Waals surface area contributed by atoms with Crippen molar-refractivity contribution in [3.63, 3.8) is 0 Å². The molecule has 0 aliphatic heterocycles. The molecule has 1 heteroatoms. The summed E-state index contributed by atoms with van der Waals surface area (Å²) in [6.45, 7) is 0. The van der Waals surface area contributed by atoms with E-state index in [2.05, 4.69) is 6.08 Å². The van der Waals surface area contributed by atoms with Crippen LogP contribution in [0.2, 0.25) is 0 Å². The molecule has 14 heavy (non-hydrogen) atoms. The molecule has 3 atom stereocenters. The summed E-state index contributed by atoms with van der Waals surface area (Å²) in [4.78, 5) is 0. The van der Waals surface area contributed by atoms with E-state index in [0.717, 1.165) is 17.8 Å². The molecule has 0 saturated heterocycles. The Bertz CT molecular complexity index is 244. The Morgan fingerprint density at radius 3 is 2.43 bits per heavy atom. The predicted molar refractivity (Wildman–Crippen MR) is 58.8 cm³/mol. The fraction of sp³-hybridized carbons (Fsp3) is 0.846. The van der Waals surface area contributed by atoms with Crippen LogP contribution in [0.1, 0.15) is 44.9 Å². The molecule has 2 saturated carbocycles. The summed E-state index contributed by atoms with van der Waals surface area (Å²) in [7, 11) is 0. The Morgan fingerprint density at radius 2 is 1.86 bits per heavy atom. The van der Waals surface area contributed by atoms with Crippen molar-refractivity contribution in [3.8, 4) is 0 Å². The van der Waals surface area contributed by atoms with Crippen molar-refractivity contribution in [1.29, 1.82) is 0 Å². The topological polar surface area (TPSA) is 26.0 Å². The average molecular weight is 191 g/mol. The molecule has 0 aromatic rings. The van der Waals surface area contributed by atoms with E-state index >= 15 is 0 Å². The lowest BCUT2D eigenvalue weighted by Crippen LogP contribution is -2.25. The molecule has 2 fully saturated rings. The standard InChI is InChI=1S/C13H21N/c14-13(9-5-1-2-6-9)12-10-7-3-4-8-11(10)12/h5,10-13H,1-4,6-8,14H2. The van der Waals surface area contributed by atoms with Crippen LogP contribution in [-0.2, 0) is 0 Å². The third kappa shape index (κ3) is 1.33. The van der Waals surface area contributed by atoms with Gasteiger partial charge in [0, 0.05) is 6.04 Å². The minimum absolute atomic E-state index is 0.436. The summed E-state index contributed by atoms with van der Waals surface area (Å²) >= 11 is 0. The van der Waals surface area contributed by atoms with Crippen molar-refractivity contribution in [3.05, 3.63) is 11.6 Å². The lowest BCUT2D eigenvalue weighted by atomic mass is 10.0. The van der Waals surface area contributed by atoms with Crippen molar-refractivity contribution in [2.75, 3.05) is 0 Å². The average Bonchev–Trinajstić information content (AvgIpc) is 2.70. The third-order valence-corrected chi connectivity index (χ3v) is 4.64. The van der Waals surface area contributed by atoms with E-state index in [1.54, 1.807) is 5.57 Å². The third-order valence-electron chi connectivity index (χ3n) is 4.64. The second kappa shape index (κ2) is 3.37. The summed E-state index contributed by atoms with van der Waals surface area (Å²) in [6, 6.07) is 0.436. The Labute approximate surface area is 86.8 Å². The molecular weight excluding hydrogens is 170 g/mol. The van der Waals surface area contributed by atoms with Crippen LogP contribution in [-0.4, -0.2) is 6.04 Å². The molecule has 3 aliphatic carbocycles. The molecule has 0 amide bonds. The second-order valence-corrected chi connectivity index (χ2v) is 5.39. The van der Waals surface area contributed by atoms with Crippen LogP contribution in [0.5, 0.6) is 0 Å². The monoisotopic (exact) mass is 191 g/mol. The van der Waals surface area contributed by atoms with E-state index in [4.69, 9.17) is 5.73 Å². The summed E-state index contributed by atoms with van der Waals surface area (Å²) in [5.74, 6) is 2.90. The van der Waals surface area contributed by atoms with Gasteiger partial charge in [0.1, 0.15) is 0 Å². The van der Waals surface area contributed by atoms with E-state index in [-0.39, 0.29) is 0 Å². The van der Waals surface area contributed by atoms with Gasteiger partial charge >= 0.3 is 0 Å². The van der Waals surface area contributed by atoms with Gasteiger partial charge in [0.25, 0.3) is 0 Å². The fourth-order valence-corrected chi connectivity index (χ4v) is 3.83. The van der Waals surface area contributed by atoms with E-state index in [0.29, 0.717) is 6.04 Å². The summed E-state index contributed by atoms with van der Waals surface area (Å²) in [5, 5.41) is 0. The van der Waals surface area contributed by atoms with Crippen molar-refractivity contribution in [2.45, 2.75) is 51.0 Å². The Kier molecular flexibility index (Phi) is 2.16. The van der Waals surface area contributed by atoms with Crippen LogP contribution in [0.4, 0.5) is 0 Å². The van der Waals surface area contributed by atoms with Gasteiger partial charge < -0.3 is 5.73 Å². The second-order valence-electron chi connectivity index (χ2n) is 5.39. The first-order valence-electron chi connectivity index (χ1n) is 6.32. The first-order valence-corrected chi connectivity index (χ1v) is 6.32. The molecule has 3 unspecified atom stereocenters. The summed E-state index contributed by atoms with van der Waals surface area (Å²) in [6.07, 6.45) is 12.2. The highest BCUT2D eigenvalue weighted by Gasteiger charge is 2.53. The summed E-state index contributed by atoms with van der Waals surface area (Å²) < 4.78 is 0. The molecule has 0 aromatic carbocycles. The van der Waals surface area contributed by atoms with Gasteiger partial charge in [-0.3, -0.25) is 0 Å². The Hall–Kier alpha value is -0.300. The highest BCUT2D eigenvalue weighted by atomic mass is 14.7. The van der Waals surface area contributed by atoms with Crippen molar-refractivity contribution in [1.82, 2.24) is 0 Å². The molecular formula is C13H21N. The van der Waals surface area contributed by atoms with Crippen molar-refractivity contribution >= 4 is 0 Å². The normalized spacial score (nSPS) is 42.9. The minimum Gasteiger partial charge on any atom is -0.324 e. The molecule has 0 heterocycles. The molecule has 2 N–H and O–H groups in total. The van der Waals surface area contributed by atoms with Crippen LogP contribution in [0.25, 0.3) is 0 Å². The zero-order valence-electron chi connectivity index (χ0n) is 8.91. The molecule has 0 radical (unpaired) electrons. The maximum atomic E-state index is 6.38. The molecule has 0 spiro atoms. The van der Waals surface area contributed by atoms with Gasteiger partial charge in [0.2, 0.25) is 0 Å². The van der Waals surface area contributed by atoms with Crippen LogP contribution >= 0.6 is 0 Å². The first kappa shape index (κ1) is 8.96. The van der Waals surface area contributed by atoms with Crippen LogP contribution in [0.15, 0.2) is 11.6 Å². The van der Waals surface area contributed by atoms with Crippen molar-refractivity contribution < 1.29 is 0 Å². The lowest BCUT2D eigenvalue weighted by molar-refractivity contribution is 0.480. The zero-order valence-corrected chi connectivity index (χ0v) is 8.91. The minimum atomic E-state index is 0.436.